The molecule has 0 amide bonds. The number of nitrogens with zero attached hydrogens (tertiary/aromatic N) is 7. The van der Waals surface area contributed by atoms with E-state index in [0.29, 0.717) is 33.5 Å². The van der Waals surface area contributed by atoms with E-state index in [2.05, 4.69) is 20.2 Å². The number of alkyl halides is 4. The molecule has 17 heteroatoms. The summed E-state index contributed by atoms with van der Waals surface area (Å²) in [5.74, 6) is -5.75. The molecular weight excluding hydrogens is 867 g/mol. The fourth-order valence-electron chi connectivity index (χ4n) is 7.57. The Balaban J connectivity index is 0.000000176. The van der Waals surface area contributed by atoms with Crippen molar-refractivity contribution in [2.24, 2.45) is 0 Å². The van der Waals surface area contributed by atoms with Crippen molar-refractivity contribution in [3.63, 3.8) is 0 Å². The van der Waals surface area contributed by atoms with E-state index >= 15 is 0 Å². The van der Waals surface area contributed by atoms with Gasteiger partial charge < -0.3 is 0 Å². The van der Waals surface area contributed by atoms with Gasteiger partial charge in [-0.1, -0.05) is 79.7 Å². The Morgan fingerprint density at radius 2 is 0.969 bits per heavy atom. The van der Waals surface area contributed by atoms with Crippen molar-refractivity contribution in [1.82, 2.24) is 34.1 Å². The smallest absolute Gasteiger partial charge is 0.285 e. The molecule has 1 saturated heterocycles. The van der Waals surface area contributed by atoms with Gasteiger partial charge in [0.15, 0.2) is 31.0 Å². The first-order valence-electron chi connectivity index (χ1n) is 20.4. The van der Waals surface area contributed by atoms with Crippen molar-refractivity contribution < 1.29 is 34.4 Å². The zero-order chi connectivity index (χ0) is 45.4. The van der Waals surface area contributed by atoms with Crippen LogP contribution in [0.15, 0.2) is 144 Å². The molecule has 0 spiro atoms. The van der Waals surface area contributed by atoms with Crippen molar-refractivity contribution in [3.05, 3.63) is 145 Å². The summed E-state index contributed by atoms with van der Waals surface area (Å²) in [5, 5.41) is 8.69. The lowest BCUT2D eigenvalue weighted by Gasteiger charge is -2.23. The monoisotopic (exact) mass is 909 g/mol. The van der Waals surface area contributed by atoms with Crippen LogP contribution < -0.4 is 0 Å². The molecule has 0 radical (unpaired) electrons. The standard InChI is InChI=1S/C25H24F2N4O2S.C22H19F2N3O2S/c1-34(32,33)22-6-4-5-19(13-22)23-15-29-31-16-20(14-28-24(23)31)18-7-9-21(10-8-18)25(26,27)17-30-11-2-3-12-30;1-3-22(23,24)18-9-7-15(8-10-18)17-12-25-21-20(13-26-27(21)14-17)16-5-4-6-19(11-16)30(2,28)29/h4-10,13-16H,2-3,11-12,17H2,1H3;4-14H,3H2,1-2H3. The Labute approximate surface area is 367 Å². The van der Waals surface area contributed by atoms with Crippen LogP contribution in [0.3, 0.4) is 0 Å². The van der Waals surface area contributed by atoms with Crippen LogP contribution in [-0.4, -0.2) is 83.1 Å². The van der Waals surface area contributed by atoms with Crippen LogP contribution in [0.25, 0.3) is 55.8 Å². The molecule has 1 fully saturated rings. The van der Waals surface area contributed by atoms with E-state index in [4.69, 9.17) is 0 Å². The summed E-state index contributed by atoms with van der Waals surface area (Å²) in [4.78, 5) is 11.3. The van der Waals surface area contributed by atoms with Gasteiger partial charge in [-0.3, -0.25) is 4.90 Å². The molecule has 0 unspecified atom stereocenters. The molecule has 0 bridgehead atoms. The largest absolute Gasteiger partial charge is 0.297 e. The van der Waals surface area contributed by atoms with Crippen LogP contribution in [-0.2, 0) is 31.5 Å². The fraction of sp³-hybridized carbons (Fsp3) is 0.234. The Morgan fingerprint density at radius 1 is 0.547 bits per heavy atom. The van der Waals surface area contributed by atoms with Crippen molar-refractivity contribution in [2.45, 2.75) is 47.8 Å². The van der Waals surface area contributed by atoms with E-state index in [-0.39, 0.29) is 33.9 Å². The topological polar surface area (TPSA) is 132 Å². The van der Waals surface area contributed by atoms with Gasteiger partial charge in [-0.2, -0.15) is 19.0 Å². The quantitative estimate of drug-likeness (QED) is 0.116. The highest BCUT2D eigenvalue weighted by Gasteiger charge is 2.35. The highest BCUT2D eigenvalue weighted by molar-refractivity contribution is 7.91. The SMILES string of the molecule is CCC(F)(F)c1ccc(-c2cnc3c(-c4cccc(S(C)(=O)=O)c4)cnn3c2)cc1.CS(=O)(=O)c1cccc(-c2cnn3cc(-c4ccc(C(F)(F)CN5CCCC5)cc4)cnc23)c1. The molecule has 11 nitrogen and oxygen atoms in total. The van der Waals surface area contributed by atoms with Crippen molar-refractivity contribution in [2.75, 3.05) is 32.1 Å². The maximum absolute atomic E-state index is 14.7. The molecule has 0 N–H and O–H groups in total. The normalized spacial score (nSPS) is 13.9. The number of halogens is 4. The third kappa shape index (κ3) is 9.46. The zero-order valence-electron chi connectivity index (χ0n) is 35.0. The molecule has 0 atom stereocenters. The molecule has 64 heavy (non-hydrogen) atoms. The Bertz CT molecular complexity index is 3210. The first-order chi connectivity index (χ1) is 30.4. The van der Waals surface area contributed by atoms with E-state index in [0.717, 1.165) is 54.4 Å². The lowest BCUT2D eigenvalue weighted by Crippen LogP contribution is -2.33. The first kappa shape index (κ1) is 44.3. The second kappa shape index (κ2) is 17.3. The molecule has 9 rings (SSSR count). The minimum absolute atomic E-state index is 0.00400. The predicted molar refractivity (Wildman–Crippen MR) is 238 cm³/mol. The van der Waals surface area contributed by atoms with E-state index in [1.807, 2.05) is 11.0 Å². The fourth-order valence-corrected chi connectivity index (χ4v) is 8.91. The molecule has 1 aliphatic rings. The Kier molecular flexibility index (Phi) is 12.0. The molecule has 4 aromatic heterocycles. The van der Waals surface area contributed by atoms with E-state index in [9.17, 15) is 34.4 Å². The van der Waals surface area contributed by atoms with Crippen LogP contribution in [0.4, 0.5) is 17.6 Å². The van der Waals surface area contributed by atoms with Gasteiger partial charge in [0, 0.05) is 77.1 Å². The van der Waals surface area contributed by atoms with Crippen LogP contribution in [0.5, 0.6) is 0 Å². The van der Waals surface area contributed by atoms with Gasteiger partial charge >= 0.3 is 0 Å². The van der Waals surface area contributed by atoms with E-state index < -0.39 is 31.5 Å². The second-order valence-electron chi connectivity index (χ2n) is 15.8. The van der Waals surface area contributed by atoms with Crippen LogP contribution in [0.1, 0.15) is 37.3 Å². The summed E-state index contributed by atoms with van der Waals surface area (Å²) in [5.41, 5.74) is 6.89. The zero-order valence-corrected chi connectivity index (χ0v) is 36.7. The van der Waals surface area contributed by atoms with Crippen molar-refractivity contribution in [1.29, 1.82) is 0 Å². The maximum Gasteiger partial charge on any atom is 0.285 e. The number of rotatable bonds is 11. The van der Waals surface area contributed by atoms with Gasteiger partial charge in [0.2, 0.25) is 0 Å². The van der Waals surface area contributed by atoms with Gasteiger partial charge in [-0.05, 0) is 72.5 Å². The lowest BCUT2D eigenvalue weighted by atomic mass is 10.0. The highest BCUT2D eigenvalue weighted by Crippen LogP contribution is 2.35. The van der Waals surface area contributed by atoms with Gasteiger partial charge in [-0.25, -0.2) is 44.6 Å². The Morgan fingerprint density at radius 3 is 1.38 bits per heavy atom. The summed E-state index contributed by atoms with van der Waals surface area (Å²) in [7, 11) is -6.67. The van der Waals surface area contributed by atoms with Crippen LogP contribution in [0, 0.1) is 0 Å². The number of likely N-dealkylation sites (tertiary alicyclic amines) is 1. The molecule has 0 aliphatic carbocycles. The number of hydrogen-bond acceptors (Lipinski definition) is 9. The number of fused-ring (bicyclic) bond motifs is 2. The minimum atomic E-state index is -3.34. The molecule has 0 saturated carbocycles. The summed E-state index contributed by atoms with van der Waals surface area (Å²) in [6.45, 7) is 2.65. The molecule has 1 aliphatic heterocycles. The van der Waals surface area contributed by atoms with E-state index in [1.165, 1.54) is 37.4 Å². The third-order valence-electron chi connectivity index (χ3n) is 11.2. The highest BCUT2D eigenvalue weighted by atomic mass is 32.2. The lowest BCUT2D eigenvalue weighted by molar-refractivity contribution is -0.0327. The summed E-state index contributed by atoms with van der Waals surface area (Å²) in [6.07, 6.45) is 14.1. The van der Waals surface area contributed by atoms with Crippen molar-refractivity contribution in [3.8, 4) is 44.5 Å². The predicted octanol–water partition coefficient (Wildman–Crippen LogP) is 9.62. The maximum atomic E-state index is 14.7. The average molecular weight is 910 g/mol. The van der Waals surface area contributed by atoms with Crippen LogP contribution >= 0.6 is 0 Å². The summed E-state index contributed by atoms with van der Waals surface area (Å²) < 4.78 is 108. The van der Waals surface area contributed by atoms with E-state index in [1.54, 1.807) is 113 Å². The molecule has 5 heterocycles. The molecule has 4 aromatic carbocycles. The number of sulfone groups is 2. The Hall–Kier alpha value is -6.30. The van der Waals surface area contributed by atoms with Gasteiger partial charge in [-0.15, -0.1) is 0 Å². The van der Waals surface area contributed by atoms with Gasteiger partial charge in [0.05, 0.1) is 28.7 Å². The van der Waals surface area contributed by atoms with Crippen molar-refractivity contribution >= 4 is 31.0 Å². The van der Waals surface area contributed by atoms with Gasteiger partial charge in [0.25, 0.3) is 11.8 Å². The second-order valence-corrected chi connectivity index (χ2v) is 19.9. The number of hydrogen-bond donors (Lipinski definition) is 0. The summed E-state index contributed by atoms with van der Waals surface area (Å²) >= 11 is 0. The number of benzene rings is 4. The average Bonchev–Trinajstić information content (AvgIpc) is 4.06. The molecule has 330 valence electrons. The first-order valence-corrected chi connectivity index (χ1v) is 24.2. The van der Waals surface area contributed by atoms with Crippen LogP contribution in [0.2, 0.25) is 0 Å². The van der Waals surface area contributed by atoms with Gasteiger partial charge in [0.1, 0.15) is 0 Å². The number of aromatic nitrogens is 6. The summed E-state index contributed by atoms with van der Waals surface area (Å²) in [6, 6.07) is 25.7. The third-order valence-corrected chi connectivity index (χ3v) is 13.4. The minimum Gasteiger partial charge on any atom is -0.297 e. The molecule has 8 aromatic rings. The molecular formula is C47H43F4N7O4S2.